The second-order valence-electron chi connectivity index (χ2n) is 6.63. The molecule has 1 aromatic heterocycles. The van der Waals surface area contributed by atoms with Crippen LogP contribution >= 0.6 is 0 Å². The fourth-order valence-electron chi connectivity index (χ4n) is 3.11. The molecule has 3 rings (SSSR count). The minimum atomic E-state index is -0.919. The summed E-state index contributed by atoms with van der Waals surface area (Å²) in [5.41, 5.74) is -0.430. The van der Waals surface area contributed by atoms with Gasteiger partial charge in [-0.3, -0.25) is 9.69 Å². The van der Waals surface area contributed by atoms with E-state index in [1.54, 1.807) is 42.3 Å². The molecule has 0 radical (unpaired) electrons. The van der Waals surface area contributed by atoms with Crippen molar-refractivity contribution >= 4 is 5.91 Å². The quantitative estimate of drug-likeness (QED) is 0.824. The normalized spacial score (nSPS) is 20.8. The number of amides is 1. The second kappa shape index (κ2) is 7.28. The predicted molar refractivity (Wildman–Crippen MR) is 88.9 cm³/mol. The van der Waals surface area contributed by atoms with Crippen LogP contribution < -0.4 is 0 Å². The summed E-state index contributed by atoms with van der Waals surface area (Å²) < 4.78 is 15.3. The highest BCUT2D eigenvalue weighted by Gasteiger charge is 2.37. The van der Waals surface area contributed by atoms with Crippen LogP contribution in [0.25, 0.3) is 0 Å². The van der Waals surface area contributed by atoms with Crippen molar-refractivity contribution in [3.63, 3.8) is 0 Å². The van der Waals surface area contributed by atoms with Crippen molar-refractivity contribution in [1.82, 2.24) is 24.8 Å². The maximum Gasteiger partial charge on any atom is 0.236 e. The maximum absolute atomic E-state index is 13.7. The molecule has 1 aliphatic heterocycles. The zero-order valence-corrected chi connectivity index (χ0v) is 14.2. The highest BCUT2D eigenvalue weighted by Crippen LogP contribution is 2.23. The Morgan fingerprint density at radius 2 is 2.24 bits per heavy atom. The van der Waals surface area contributed by atoms with Crippen molar-refractivity contribution in [2.24, 2.45) is 0 Å². The monoisotopic (exact) mass is 347 g/mol. The highest BCUT2D eigenvalue weighted by atomic mass is 19.1. The smallest absolute Gasteiger partial charge is 0.236 e. The number of β-amino-alcohol motifs (C(OH)–C–C–N with tert-alkyl or cyclic N) is 1. The first-order chi connectivity index (χ1) is 12.0. The van der Waals surface area contributed by atoms with E-state index in [2.05, 4.69) is 10.3 Å². The SMILES string of the molecule is CN(Cc1ccccc1F)C(=O)CN1CCC(O)(Cn2ccnn2)C1. The molecule has 1 fully saturated rings. The van der Waals surface area contributed by atoms with E-state index in [4.69, 9.17) is 0 Å². The first-order valence-electron chi connectivity index (χ1n) is 8.21. The number of carbonyl (C=O) groups excluding carboxylic acids is 1. The Morgan fingerprint density at radius 3 is 2.96 bits per heavy atom. The Kier molecular flexibility index (Phi) is 5.10. The Labute approximate surface area is 145 Å². The van der Waals surface area contributed by atoms with Crippen LogP contribution in [0.2, 0.25) is 0 Å². The van der Waals surface area contributed by atoms with E-state index in [1.807, 2.05) is 4.90 Å². The first kappa shape index (κ1) is 17.5. The summed E-state index contributed by atoms with van der Waals surface area (Å²) >= 11 is 0. The van der Waals surface area contributed by atoms with Crippen LogP contribution in [0.3, 0.4) is 0 Å². The van der Waals surface area contributed by atoms with Gasteiger partial charge in [0.15, 0.2) is 0 Å². The van der Waals surface area contributed by atoms with Gasteiger partial charge in [0.05, 0.1) is 24.9 Å². The van der Waals surface area contributed by atoms with Gasteiger partial charge in [-0.25, -0.2) is 9.07 Å². The summed E-state index contributed by atoms with van der Waals surface area (Å²) in [6.07, 6.45) is 3.84. The van der Waals surface area contributed by atoms with Gasteiger partial charge in [0.1, 0.15) is 5.82 Å². The number of likely N-dealkylation sites (N-methyl/N-ethyl adjacent to an activating group) is 1. The van der Waals surface area contributed by atoms with Crippen LogP contribution in [-0.4, -0.2) is 68.1 Å². The number of halogens is 1. The maximum atomic E-state index is 13.7. The summed E-state index contributed by atoms with van der Waals surface area (Å²) in [6, 6.07) is 6.44. The Balaban J connectivity index is 1.52. The number of hydrogen-bond acceptors (Lipinski definition) is 5. The lowest BCUT2D eigenvalue weighted by atomic mass is 10.0. The number of nitrogens with zero attached hydrogens (tertiary/aromatic N) is 5. The topological polar surface area (TPSA) is 74.5 Å². The van der Waals surface area contributed by atoms with E-state index >= 15 is 0 Å². The number of rotatable bonds is 6. The molecule has 1 aliphatic rings. The fourth-order valence-corrected chi connectivity index (χ4v) is 3.11. The van der Waals surface area contributed by atoms with Gasteiger partial charge < -0.3 is 10.0 Å². The van der Waals surface area contributed by atoms with Crippen molar-refractivity contribution in [1.29, 1.82) is 0 Å². The van der Waals surface area contributed by atoms with Gasteiger partial charge in [-0.05, 0) is 12.5 Å². The third kappa shape index (κ3) is 4.40. The van der Waals surface area contributed by atoms with Crippen LogP contribution in [0.4, 0.5) is 4.39 Å². The number of aromatic nitrogens is 3. The van der Waals surface area contributed by atoms with Crippen LogP contribution in [0.15, 0.2) is 36.7 Å². The predicted octanol–water partition coefficient (Wildman–Crippen LogP) is 0.513. The summed E-state index contributed by atoms with van der Waals surface area (Å²) in [4.78, 5) is 15.8. The lowest BCUT2D eigenvalue weighted by Gasteiger charge is -2.24. The first-order valence-corrected chi connectivity index (χ1v) is 8.21. The molecule has 0 aliphatic carbocycles. The minimum Gasteiger partial charge on any atom is -0.387 e. The van der Waals surface area contributed by atoms with Crippen LogP contribution in [0.5, 0.6) is 0 Å². The number of likely N-dealkylation sites (tertiary alicyclic amines) is 1. The van der Waals surface area contributed by atoms with Gasteiger partial charge in [-0.15, -0.1) is 5.10 Å². The van der Waals surface area contributed by atoms with E-state index in [0.29, 0.717) is 31.6 Å². The molecule has 0 bridgehead atoms. The standard InChI is InChI=1S/C17H22FN5O2/c1-21(10-14-4-2-3-5-15(14)18)16(24)11-22-8-6-17(25,12-22)13-23-9-7-19-20-23/h2-5,7,9,25H,6,8,10-13H2,1H3. The van der Waals surface area contributed by atoms with Crippen molar-refractivity contribution in [2.45, 2.75) is 25.1 Å². The molecular formula is C17H22FN5O2. The van der Waals surface area contributed by atoms with Crippen molar-refractivity contribution < 1.29 is 14.3 Å². The zero-order valence-electron chi connectivity index (χ0n) is 14.2. The molecule has 1 unspecified atom stereocenters. The molecule has 1 saturated heterocycles. The summed E-state index contributed by atoms with van der Waals surface area (Å²) in [7, 11) is 1.66. The third-order valence-corrected chi connectivity index (χ3v) is 4.49. The average molecular weight is 347 g/mol. The summed E-state index contributed by atoms with van der Waals surface area (Å²) in [6.45, 7) is 1.80. The molecular weight excluding hydrogens is 325 g/mol. The summed E-state index contributed by atoms with van der Waals surface area (Å²) in [5, 5.41) is 18.3. The molecule has 134 valence electrons. The van der Waals surface area contributed by atoms with Crippen LogP contribution in [-0.2, 0) is 17.9 Å². The molecule has 1 aromatic carbocycles. The van der Waals surface area contributed by atoms with E-state index in [-0.39, 0.29) is 24.8 Å². The van der Waals surface area contributed by atoms with Gasteiger partial charge in [-0.1, -0.05) is 23.4 Å². The van der Waals surface area contributed by atoms with Crippen molar-refractivity contribution in [2.75, 3.05) is 26.7 Å². The van der Waals surface area contributed by atoms with Gasteiger partial charge in [0, 0.05) is 38.4 Å². The highest BCUT2D eigenvalue weighted by molar-refractivity contribution is 5.78. The molecule has 2 heterocycles. The lowest BCUT2D eigenvalue weighted by molar-refractivity contribution is -0.131. The molecule has 1 atom stereocenters. The van der Waals surface area contributed by atoms with Gasteiger partial charge in [0.25, 0.3) is 0 Å². The number of carbonyl (C=O) groups is 1. The van der Waals surface area contributed by atoms with Crippen molar-refractivity contribution in [3.05, 3.63) is 48.0 Å². The molecule has 1 amide bonds. The van der Waals surface area contributed by atoms with Crippen LogP contribution in [0, 0.1) is 5.82 Å². The summed E-state index contributed by atoms with van der Waals surface area (Å²) in [5.74, 6) is -0.418. The van der Waals surface area contributed by atoms with Gasteiger partial charge >= 0.3 is 0 Å². The zero-order chi connectivity index (χ0) is 17.9. The van der Waals surface area contributed by atoms with Crippen LogP contribution in [0.1, 0.15) is 12.0 Å². The Morgan fingerprint density at radius 1 is 1.44 bits per heavy atom. The Bertz CT molecular complexity index is 724. The minimum absolute atomic E-state index is 0.103. The molecule has 8 heteroatoms. The van der Waals surface area contributed by atoms with E-state index in [9.17, 15) is 14.3 Å². The molecule has 7 nitrogen and oxygen atoms in total. The lowest BCUT2D eigenvalue weighted by Crippen LogP contribution is -2.41. The van der Waals surface area contributed by atoms with E-state index in [0.717, 1.165) is 0 Å². The molecule has 1 N–H and O–H groups in total. The number of hydrogen-bond donors (Lipinski definition) is 1. The van der Waals surface area contributed by atoms with Gasteiger partial charge in [-0.2, -0.15) is 0 Å². The average Bonchev–Trinajstić information content (AvgIpc) is 3.19. The fraction of sp³-hybridized carbons (Fsp3) is 0.471. The number of aliphatic hydroxyl groups is 1. The van der Waals surface area contributed by atoms with Gasteiger partial charge in [0.2, 0.25) is 5.91 Å². The van der Waals surface area contributed by atoms with Crippen molar-refractivity contribution in [3.8, 4) is 0 Å². The largest absolute Gasteiger partial charge is 0.387 e. The molecule has 0 spiro atoms. The molecule has 25 heavy (non-hydrogen) atoms. The van der Waals surface area contributed by atoms with E-state index < -0.39 is 5.60 Å². The third-order valence-electron chi connectivity index (χ3n) is 4.49. The van der Waals surface area contributed by atoms with E-state index in [1.165, 1.54) is 11.0 Å². The number of benzene rings is 1. The molecule has 2 aromatic rings. The second-order valence-corrected chi connectivity index (χ2v) is 6.63. The Hall–Kier alpha value is -2.32. The molecule has 0 saturated carbocycles.